The van der Waals surface area contributed by atoms with Gasteiger partial charge in [0.05, 0.1) is 0 Å². The molecule has 2 atom stereocenters. The number of fused-ring (bicyclic) bond motifs is 1. The highest BCUT2D eigenvalue weighted by Crippen LogP contribution is 2.25. The van der Waals surface area contributed by atoms with Gasteiger partial charge in [-0.3, -0.25) is 4.79 Å². The minimum Gasteiger partial charge on any atom is -0.326 e. The van der Waals surface area contributed by atoms with E-state index in [0.717, 1.165) is 31.4 Å². The molecule has 0 spiro atoms. The molecule has 138 valence electrons. The molecule has 26 heavy (non-hydrogen) atoms. The average molecular weight is 351 g/mol. The zero-order valence-electron chi connectivity index (χ0n) is 15.9. The third kappa shape index (κ3) is 5.18. The second kappa shape index (κ2) is 9.00. The van der Waals surface area contributed by atoms with Crippen molar-refractivity contribution >= 4 is 11.6 Å². The summed E-state index contributed by atoms with van der Waals surface area (Å²) in [6, 6.07) is 18.2. The Kier molecular flexibility index (Phi) is 6.45. The van der Waals surface area contributed by atoms with Crippen molar-refractivity contribution in [1.82, 2.24) is 5.32 Å². The molecule has 1 aliphatic carbocycles. The van der Waals surface area contributed by atoms with Gasteiger partial charge < -0.3 is 10.6 Å². The number of aryl methyl sites for hydroxylation is 2. The van der Waals surface area contributed by atoms with E-state index in [9.17, 15) is 4.79 Å². The van der Waals surface area contributed by atoms with E-state index in [4.69, 9.17) is 0 Å². The standard InChI is InChI=1S/C23H30N2O/c1-3-21(12-9-18-7-5-4-6-8-18)25-23-14-11-19-10-13-22(24-17(2)26)15-20(19)16-23/h4-8,10,13,15,21,23,25H,3,9,11-12,14,16H2,1-2H3,(H,24,26). The van der Waals surface area contributed by atoms with Gasteiger partial charge in [0, 0.05) is 24.7 Å². The van der Waals surface area contributed by atoms with Gasteiger partial charge in [-0.2, -0.15) is 0 Å². The highest BCUT2D eigenvalue weighted by Gasteiger charge is 2.21. The molecule has 1 aliphatic rings. The number of benzene rings is 2. The Morgan fingerprint density at radius 1 is 1.15 bits per heavy atom. The number of rotatable bonds is 7. The fourth-order valence-corrected chi connectivity index (χ4v) is 3.90. The van der Waals surface area contributed by atoms with E-state index in [0.29, 0.717) is 12.1 Å². The zero-order valence-corrected chi connectivity index (χ0v) is 15.9. The molecule has 0 bridgehead atoms. The van der Waals surface area contributed by atoms with Crippen molar-refractivity contribution < 1.29 is 4.79 Å². The van der Waals surface area contributed by atoms with Crippen LogP contribution in [0, 0.1) is 0 Å². The Hall–Kier alpha value is -2.13. The van der Waals surface area contributed by atoms with Crippen LogP contribution < -0.4 is 10.6 Å². The van der Waals surface area contributed by atoms with Crippen LogP contribution in [0.1, 0.15) is 49.8 Å². The summed E-state index contributed by atoms with van der Waals surface area (Å²) in [6.45, 7) is 3.83. The molecule has 2 aromatic carbocycles. The van der Waals surface area contributed by atoms with Crippen LogP contribution in [0.3, 0.4) is 0 Å². The summed E-state index contributed by atoms with van der Waals surface area (Å²) in [5.41, 5.74) is 5.13. The monoisotopic (exact) mass is 350 g/mol. The van der Waals surface area contributed by atoms with Crippen LogP contribution in [0.4, 0.5) is 5.69 Å². The van der Waals surface area contributed by atoms with Gasteiger partial charge in [-0.05, 0) is 67.3 Å². The van der Waals surface area contributed by atoms with E-state index in [-0.39, 0.29) is 5.91 Å². The molecule has 3 rings (SSSR count). The molecule has 2 aromatic rings. The number of carbonyl (C=O) groups is 1. The Balaban J connectivity index is 1.57. The first kappa shape index (κ1) is 18.7. The predicted octanol–water partition coefficient (Wildman–Crippen LogP) is 4.50. The van der Waals surface area contributed by atoms with Crippen LogP contribution in [-0.2, 0) is 24.1 Å². The fraction of sp³-hybridized carbons (Fsp3) is 0.435. The summed E-state index contributed by atoms with van der Waals surface area (Å²) < 4.78 is 0. The summed E-state index contributed by atoms with van der Waals surface area (Å²) in [5.74, 6) is -0.0117. The number of amides is 1. The molecule has 0 aliphatic heterocycles. The molecule has 0 heterocycles. The van der Waals surface area contributed by atoms with Crippen LogP contribution in [0.5, 0.6) is 0 Å². The minimum absolute atomic E-state index is 0.0117. The van der Waals surface area contributed by atoms with Gasteiger partial charge in [0.1, 0.15) is 0 Å². The maximum Gasteiger partial charge on any atom is 0.221 e. The maximum absolute atomic E-state index is 11.3. The van der Waals surface area contributed by atoms with Crippen molar-refractivity contribution in [1.29, 1.82) is 0 Å². The molecule has 0 saturated heterocycles. The van der Waals surface area contributed by atoms with Gasteiger partial charge >= 0.3 is 0 Å². The number of carbonyl (C=O) groups excluding carboxylic acids is 1. The Morgan fingerprint density at radius 3 is 2.69 bits per heavy atom. The van der Waals surface area contributed by atoms with Crippen LogP contribution in [0.25, 0.3) is 0 Å². The average Bonchev–Trinajstić information content (AvgIpc) is 2.65. The summed E-state index contributed by atoms with van der Waals surface area (Å²) in [6.07, 6.45) is 6.81. The molecule has 0 aromatic heterocycles. The SMILES string of the molecule is CCC(CCc1ccccc1)NC1CCc2ccc(NC(C)=O)cc2C1. The molecular formula is C23H30N2O. The number of nitrogens with one attached hydrogen (secondary N) is 2. The van der Waals surface area contributed by atoms with E-state index in [2.05, 4.69) is 60.0 Å². The van der Waals surface area contributed by atoms with E-state index in [1.807, 2.05) is 6.07 Å². The van der Waals surface area contributed by atoms with Gasteiger partial charge in [0.15, 0.2) is 0 Å². The maximum atomic E-state index is 11.3. The first-order valence-electron chi connectivity index (χ1n) is 9.83. The quantitative estimate of drug-likeness (QED) is 0.772. The number of hydrogen-bond donors (Lipinski definition) is 2. The lowest BCUT2D eigenvalue weighted by Gasteiger charge is -2.30. The summed E-state index contributed by atoms with van der Waals surface area (Å²) in [5, 5.41) is 6.79. The van der Waals surface area contributed by atoms with E-state index in [1.54, 1.807) is 6.92 Å². The second-order valence-corrected chi connectivity index (χ2v) is 7.40. The van der Waals surface area contributed by atoms with E-state index >= 15 is 0 Å². The van der Waals surface area contributed by atoms with E-state index in [1.165, 1.54) is 29.5 Å². The van der Waals surface area contributed by atoms with Gasteiger partial charge in [0.2, 0.25) is 5.91 Å². The highest BCUT2D eigenvalue weighted by molar-refractivity contribution is 5.88. The molecule has 0 fully saturated rings. The molecule has 1 amide bonds. The van der Waals surface area contributed by atoms with Crippen molar-refractivity contribution in [3.05, 3.63) is 65.2 Å². The lowest BCUT2D eigenvalue weighted by Crippen LogP contribution is -2.41. The molecule has 2 unspecified atom stereocenters. The summed E-state index contributed by atoms with van der Waals surface area (Å²) in [4.78, 5) is 11.3. The van der Waals surface area contributed by atoms with Crippen molar-refractivity contribution in [2.45, 2.75) is 64.5 Å². The van der Waals surface area contributed by atoms with Crippen LogP contribution in [-0.4, -0.2) is 18.0 Å². The summed E-state index contributed by atoms with van der Waals surface area (Å²) in [7, 11) is 0. The van der Waals surface area contributed by atoms with Gasteiger partial charge in [-0.1, -0.05) is 43.3 Å². The lowest BCUT2D eigenvalue weighted by molar-refractivity contribution is -0.114. The van der Waals surface area contributed by atoms with Crippen LogP contribution in [0.2, 0.25) is 0 Å². The third-order valence-corrected chi connectivity index (χ3v) is 5.34. The second-order valence-electron chi connectivity index (χ2n) is 7.40. The Labute approximate surface area is 157 Å². The predicted molar refractivity (Wildman–Crippen MR) is 109 cm³/mol. The van der Waals surface area contributed by atoms with Gasteiger partial charge in [0.25, 0.3) is 0 Å². The molecular weight excluding hydrogens is 320 g/mol. The zero-order chi connectivity index (χ0) is 18.4. The lowest BCUT2D eigenvalue weighted by atomic mass is 9.87. The van der Waals surface area contributed by atoms with Crippen molar-refractivity contribution in [2.24, 2.45) is 0 Å². The fourth-order valence-electron chi connectivity index (χ4n) is 3.90. The molecule has 2 N–H and O–H groups in total. The van der Waals surface area contributed by atoms with Crippen LogP contribution in [0.15, 0.2) is 48.5 Å². The Morgan fingerprint density at radius 2 is 1.96 bits per heavy atom. The highest BCUT2D eigenvalue weighted by atomic mass is 16.1. The van der Waals surface area contributed by atoms with Crippen LogP contribution >= 0.6 is 0 Å². The third-order valence-electron chi connectivity index (χ3n) is 5.34. The largest absolute Gasteiger partial charge is 0.326 e. The first-order chi connectivity index (χ1) is 12.6. The molecule has 3 heteroatoms. The molecule has 0 saturated carbocycles. The van der Waals surface area contributed by atoms with Crippen molar-refractivity contribution in [3.8, 4) is 0 Å². The van der Waals surface area contributed by atoms with Gasteiger partial charge in [-0.25, -0.2) is 0 Å². The van der Waals surface area contributed by atoms with Gasteiger partial charge in [-0.15, -0.1) is 0 Å². The van der Waals surface area contributed by atoms with E-state index < -0.39 is 0 Å². The topological polar surface area (TPSA) is 41.1 Å². The first-order valence-corrected chi connectivity index (χ1v) is 9.83. The number of hydrogen-bond acceptors (Lipinski definition) is 2. The smallest absolute Gasteiger partial charge is 0.221 e. The molecule has 0 radical (unpaired) electrons. The minimum atomic E-state index is -0.0117. The Bertz CT molecular complexity index is 726. The summed E-state index contributed by atoms with van der Waals surface area (Å²) >= 11 is 0. The number of anilines is 1. The van der Waals surface area contributed by atoms with Crippen molar-refractivity contribution in [2.75, 3.05) is 5.32 Å². The van der Waals surface area contributed by atoms with Crippen molar-refractivity contribution in [3.63, 3.8) is 0 Å². The normalized spacial score (nSPS) is 17.4. The molecule has 3 nitrogen and oxygen atoms in total.